The number of hydrogen-bond donors (Lipinski definition) is 2. The molecule has 1 saturated heterocycles. The van der Waals surface area contributed by atoms with E-state index >= 15 is 0 Å². The average Bonchev–Trinajstić information content (AvgIpc) is 3.23. The zero-order valence-corrected chi connectivity index (χ0v) is 13.1. The number of piperidine rings is 1. The number of carbonyl (C=O) groups excluding carboxylic acids is 1. The van der Waals surface area contributed by atoms with E-state index in [1.165, 1.54) is 0 Å². The van der Waals surface area contributed by atoms with Gasteiger partial charge in [0.05, 0.1) is 5.69 Å². The van der Waals surface area contributed by atoms with Gasteiger partial charge in [-0.05, 0) is 57.3 Å². The van der Waals surface area contributed by atoms with E-state index in [9.17, 15) is 4.79 Å². The fourth-order valence-corrected chi connectivity index (χ4v) is 3.06. The molecule has 0 unspecified atom stereocenters. The summed E-state index contributed by atoms with van der Waals surface area (Å²) in [5.41, 5.74) is 7.46. The van der Waals surface area contributed by atoms with E-state index in [1.54, 1.807) is 6.07 Å². The topological polar surface area (TPSA) is 63.3 Å². The second-order valence-corrected chi connectivity index (χ2v) is 7.09. The largest absolute Gasteiger partial charge is 0.397 e. The number of nitrogens with two attached hydrogens (primary N) is 1. The number of nitrogens with zero attached hydrogens (tertiary/aromatic N) is 2. The lowest BCUT2D eigenvalue weighted by atomic mass is 9.80. The Morgan fingerprint density at radius 3 is 2.71 bits per heavy atom. The molecule has 1 aliphatic carbocycles. The van der Waals surface area contributed by atoms with E-state index in [-0.39, 0.29) is 11.3 Å². The van der Waals surface area contributed by atoms with Crippen molar-refractivity contribution in [3.05, 3.63) is 18.0 Å². The molecule has 1 saturated carbocycles. The van der Waals surface area contributed by atoms with E-state index in [0.29, 0.717) is 17.4 Å². The first-order valence-electron chi connectivity index (χ1n) is 7.91. The number of likely N-dealkylation sites (tertiary alicyclic amines) is 1. The van der Waals surface area contributed by atoms with Crippen molar-refractivity contribution in [2.75, 3.05) is 32.4 Å². The maximum absolute atomic E-state index is 12.5. The first-order valence-corrected chi connectivity index (χ1v) is 7.91. The molecule has 3 N–H and O–H groups in total. The second-order valence-electron chi connectivity index (χ2n) is 7.09. The third-order valence-corrected chi connectivity index (χ3v) is 4.91. The second kappa shape index (κ2) is 5.37. The predicted octanol–water partition coefficient (Wildman–Crippen LogP) is 1.87. The van der Waals surface area contributed by atoms with Crippen molar-refractivity contribution < 1.29 is 4.79 Å². The first-order chi connectivity index (χ1) is 9.97. The minimum absolute atomic E-state index is 0.0127. The molecule has 21 heavy (non-hydrogen) atoms. The van der Waals surface area contributed by atoms with Crippen molar-refractivity contribution in [1.29, 1.82) is 0 Å². The minimum Gasteiger partial charge on any atom is -0.397 e. The standard InChI is InChI=1S/C16H26N4O/c1-16(5-7-19(2)8-6-16)11-18-15(21)14-9-12(17)10-20(14)13-3-4-13/h9-10,13H,3-8,11,17H2,1-2H3,(H,18,21). The van der Waals surface area contributed by atoms with E-state index in [2.05, 4.69) is 24.2 Å². The van der Waals surface area contributed by atoms with Crippen LogP contribution in [-0.2, 0) is 0 Å². The molecular weight excluding hydrogens is 264 g/mol. The number of amides is 1. The van der Waals surface area contributed by atoms with Crippen LogP contribution in [0.1, 0.15) is 49.1 Å². The first kappa shape index (κ1) is 14.4. The number of aromatic nitrogens is 1. The maximum Gasteiger partial charge on any atom is 0.268 e. The van der Waals surface area contributed by atoms with Crippen molar-refractivity contribution in [2.45, 2.75) is 38.6 Å². The Bertz CT molecular complexity index is 524. The van der Waals surface area contributed by atoms with Gasteiger partial charge in [0.15, 0.2) is 0 Å². The SMILES string of the molecule is CN1CCC(C)(CNC(=O)c2cc(N)cn2C2CC2)CC1. The van der Waals surface area contributed by atoms with Crippen LogP contribution in [0.25, 0.3) is 0 Å². The van der Waals surface area contributed by atoms with Gasteiger partial charge in [-0.25, -0.2) is 0 Å². The van der Waals surface area contributed by atoms with Gasteiger partial charge in [0.25, 0.3) is 5.91 Å². The molecule has 2 aliphatic rings. The zero-order valence-electron chi connectivity index (χ0n) is 13.1. The van der Waals surface area contributed by atoms with Gasteiger partial charge in [-0.2, -0.15) is 0 Å². The van der Waals surface area contributed by atoms with E-state index in [0.717, 1.165) is 45.3 Å². The van der Waals surface area contributed by atoms with Crippen LogP contribution in [0.4, 0.5) is 5.69 Å². The molecule has 1 aliphatic heterocycles. The van der Waals surface area contributed by atoms with Crippen molar-refractivity contribution in [2.24, 2.45) is 5.41 Å². The average molecular weight is 290 g/mol. The highest BCUT2D eigenvalue weighted by molar-refractivity contribution is 5.93. The van der Waals surface area contributed by atoms with Crippen LogP contribution in [0.2, 0.25) is 0 Å². The normalized spacial score (nSPS) is 22.2. The smallest absolute Gasteiger partial charge is 0.268 e. The number of nitrogen functional groups attached to an aromatic ring is 1. The molecule has 0 aromatic carbocycles. The van der Waals surface area contributed by atoms with Crippen molar-refractivity contribution in [3.8, 4) is 0 Å². The van der Waals surface area contributed by atoms with Gasteiger partial charge in [0.2, 0.25) is 0 Å². The van der Waals surface area contributed by atoms with Gasteiger partial charge in [0.1, 0.15) is 5.69 Å². The summed E-state index contributed by atoms with van der Waals surface area (Å²) in [6.45, 7) is 5.24. The third-order valence-electron chi connectivity index (χ3n) is 4.91. The molecule has 1 amide bonds. The molecule has 0 radical (unpaired) electrons. The van der Waals surface area contributed by atoms with Crippen molar-refractivity contribution >= 4 is 11.6 Å². The molecule has 0 spiro atoms. The van der Waals surface area contributed by atoms with Gasteiger partial charge < -0.3 is 20.5 Å². The van der Waals surface area contributed by atoms with Gasteiger partial charge in [-0.3, -0.25) is 4.79 Å². The van der Waals surface area contributed by atoms with E-state index in [4.69, 9.17) is 5.73 Å². The summed E-state index contributed by atoms with van der Waals surface area (Å²) in [6.07, 6.45) is 6.46. The van der Waals surface area contributed by atoms with Crippen LogP contribution in [0.15, 0.2) is 12.3 Å². The summed E-state index contributed by atoms with van der Waals surface area (Å²) in [4.78, 5) is 14.8. The van der Waals surface area contributed by atoms with Gasteiger partial charge in [-0.15, -0.1) is 0 Å². The molecule has 2 heterocycles. The van der Waals surface area contributed by atoms with Crippen LogP contribution in [0.3, 0.4) is 0 Å². The van der Waals surface area contributed by atoms with Gasteiger partial charge in [-0.1, -0.05) is 6.92 Å². The molecule has 116 valence electrons. The molecule has 2 fully saturated rings. The molecule has 0 bridgehead atoms. The lowest BCUT2D eigenvalue weighted by molar-refractivity contribution is 0.0882. The van der Waals surface area contributed by atoms with Crippen LogP contribution in [0, 0.1) is 5.41 Å². The molecule has 5 nitrogen and oxygen atoms in total. The Balaban J connectivity index is 1.61. The maximum atomic E-state index is 12.5. The molecular formula is C16H26N4O. The lowest BCUT2D eigenvalue weighted by Crippen LogP contribution is -2.43. The van der Waals surface area contributed by atoms with E-state index < -0.39 is 0 Å². The van der Waals surface area contributed by atoms with Gasteiger partial charge in [0, 0.05) is 18.8 Å². The third kappa shape index (κ3) is 3.23. The van der Waals surface area contributed by atoms with Crippen molar-refractivity contribution in [3.63, 3.8) is 0 Å². The summed E-state index contributed by atoms with van der Waals surface area (Å²) >= 11 is 0. The molecule has 3 rings (SSSR count). The summed E-state index contributed by atoms with van der Waals surface area (Å²) in [5.74, 6) is 0.0127. The lowest BCUT2D eigenvalue weighted by Gasteiger charge is -2.37. The summed E-state index contributed by atoms with van der Waals surface area (Å²) < 4.78 is 2.04. The summed E-state index contributed by atoms with van der Waals surface area (Å²) in [5, 5.41) is 3.13. The van der Waals surface area contributed by atoms with Gasteiger partial charge >= 0.3 is 0 Å². The Morgan fingerprint density at radius 2 is 2.10 bits per heavy atom. The fraction of sp³-hybridized carbons (Fsp3) is 0.688. The highest BCUT2D eigenvalue weighted by Crippen LogP contribution is 2.37. The Hall–Kier alpha value is -1.49. The van der Waals surface area contributed by atoms with Crippen LogP contribution in [-0.4, -0.2) is 42.1 Å². The zero-order chi connectivity index (χ0) is 15.0. The molecule has 0 atom stereocenters. The van der Waals surface area contributed by atoms with Crippen LogP contribution < -0.4 is 11.1 Å². The predicted molar refractivity (Wildman–Crippen MR) is 84.3 cm³/mol. The number of anilines is 1. The summed E-state index contributed by atoms with van der Waals surface area (Å²) in [6, 6.07) is 2.27. The number of nitrogens with one attached hydrogen (secondary N) is 1. The quantitative estimate of drug-likeness (QED) is 0.890. The number of hydrogen-bond acceptors (Lipinski definition) is 3. The highest BCUT2D eigenvalue weighted by atomic mass is 16.1. The Labute approximate surface area is 126 Å². The number of rotatable bonds is 4. The molecule has 1 aromatic rings. The van der Waals surface area contributed by atoms with Crippen LogP contribution in [0.5, 0.6) is 0 Å². The molecule has 1 aromatic heterocycles. The van der Waals surface area contributed by atoms with Crippen molar-refractivity contribution in [1.82, 2.24) is 14.8 Å². The minimum atomic E-state index is 0.0127. The van der Waals surface area contributed by atoms with E-state index in [1.807, 2.05) is 10.8 Å². The highest BCUT2D eigenvalue weighted by Gasteiger charge is 2.31. The number of carbonyl (C=O) groups is 1. The van der Waals surface area contributed by atoms with Crippen LogP contribution >= 0.6 is 0 Å². The summed E-state index contributed by atoms with van der Waals surface area (Å²) in [7, 11) is 2.16. The Morgan fingerprint density at radius 1 is 1.43 bits per heavy atom. The Kier molecular flexibility index (Phi) is 3.69. The fourth-order valence-electron chi connectivity index (χ4n) is 3.06. The molecule has 5 heteroatoms. The monoisotopic (exact) mass is 290 g/mol.